The Labute approximate surface area is 207 Å². The molecule has 0 radical (unpaired) electrons. The molecule has 3 N–H and O–H groups in total. The van der Waals surface area contributed by atoms with Crippen molar-refractivity contribution in [2.24, 2.45) is 5.92 Å². The van der Waals surface area contributed by atoms with Gasteiger partial charge in [0.25, 0.3) is 0 Å². The molecule has 1 aliphatic heterocycles. The van der Waals surface area contributed by atoms with Gasteiger partial charge in [0.15, 0.2) is 0 Å². The Kier molecular flexibility index (Phi) is 10.5. The molecule has 9 heteroatoms. The molecule has 34 heavy (non-hydrogen) atoms. The van der Waals surface area contributed by atoms with E-state index in [0.717, 1.165) is 11.1 Å². The largest absolute Gasteiger partial charge is 0.354 e. The van der Waals surface area contributed by atoms with Crippen LogP contribution < -0.4 is 20.9 Å². The number of carbonyl (C=O) groups is 3. The average Bonchev–Trinajstić information content (AvgIpc) is 3.20. The number of fused-ring (bicyclic) bond motifs is 1. The summed E-state index contributed by atoms with van der Waals surface area (Å²) in [5, 5.41) is 8.76. The molecule has 2 aromatic rings. The number of amides is 3. The van der Waals surface area contributed by atoms with E-state index in [0.29, 0.717) is 31.7 Å². The lowest BCUT2D eigenvalue weighted by atomic mass is 10.1. The van der Waals surface area contributed by atoms with Crippen LogP contribution >= 0.6 is 12.4 Å². The highest BCUT2D eigenvalue weighted by Gasteiger charge is 2.35. The van der Waals surface area contributed by atoms with Crippen molar-refractivity contribution in [1.29, 1.82) is 0 Å². The van der Waals surface area contributed by atoms with Crippen LogP contribution in [0.25, 0.3) is 0 Å². The monoisotopic (exact) mass is 487 g/mol. The highest BCUT2D eigenvalue weighted by Crippen LogP contribution is 2.30. The summed E-state index contributed by atoms with van der Waals surface area (Å²) in [6, 6.07) is 12.9. The molecule has 0 fully saturated rings. The fourth-order valence-corrected chi connectivity index (χ4v) is 3.91. The van der Waals surface area contributed by atoms with Crippen LogP contribution in [0.15, 0.2) is 48.7 Å². The van der Waals surface area contributed by atoms with Crippen molar-refractivity contribution < 1.29 is 14.4 Å². The quantitative estimate of drug-likeness (QED) is 0.474. The SMILES string of the molecule is CN[C@@H](C)C(=O)NC[C@@H](C)CC(=O)N1c2ncccc2C[C@H]1CNC(=O)Cc1ccccc1.Cl. The van der Waals surface area contributed by atoms with E-state index in [-0.39, 0.29) is 54.6 Å². The molecule has 0 aliphatic carbocycles. The Balaban J connectivity index is 0.00000408. The highest BCUT2D eigenvalue weighted by atomic mass is 35.5. The molecule has 8 nitrogen and oxygen atoms in total. The van der Waals surface area contributed by atoms with Crippen molar-refractivity contribution in [3.05, 3.63) is 59.8 Å². The van der Waals surface area contributed by atoms with Gasteiger partial charge in [-0.25, -0.2) is 4.98 Å². The summed E-state index contributed by atoms with van der Waals surface area (Å²) < 4.78 is 0. The van der Waals surface area contributed by atoms with Gasteiger partial charge in [0.2, 0.25) is 17.7 Å². The Morgan fingerprint density at radius 2 is 1.82 bits per heavy atom. The highest BCUT2D eigenvalue weighted by molar-refractivity contribution is 5.95. The van der Waals surface area contributed by atoms with Crippen molar-refractivity contribution in [2.45, 2.75) is 45.2 Å². The molecule has 3 rings (SSSR count). The summed E-state index contributed by atoms with van der Waals surface area (Å²) in [5.74, 6) is 0.394. The second-order valence-electron chi connectivity index (χ2n) is 8.64. The van der Waals surface area contributed by atoms with Crippen molar-refractivity contribution in [3.8, 4) is 0 Å². The molecule has 3 amide bonds. The number of nitrogens with zero attached hydrogens (tertiary/aromatic N) is 2. The summed E-state index contributed by atoms with van der Waals surface area (Å²) in [7, 11) is 1.73. The lowest BCUT2D eigenvalue weighted by Gasteiger charge is -2.26. The zero-order valence-electron chi connectivity index (χ0n) is 19.9. The third-order valence-electron chi connectivity index (χ3n) is 5.90. The smallest absolute Gasteiger partial charge is 0.236 e. The van der Waals surface area contributed by atoms with Crippen LogP contribution in [0.2, 0.25) is 0 Å². The third-order valence-corrected chi connectivity index (χ3v) is 5.90. The predicted octanol–water partition coefficient (Wildman–Crippen LogP) is 1.87. The minimum absolute atomic E-state index is 0. The van der Waals surface area contributed by atoms with Gasteiger partial charge >= 0.3 is 0 Å². The van der Waals surface area contributed by atoms with E-state index < -0.39 is 0 Å². The van der Waals surface area contributed by atoms with Gasteiger partial charge in [-0.1, -0.05) is 43.3 Å². The molecule has 0 saturated heterocycles. The van der Waals surface area contributed by atoms with Gasteiger partial charge in [-0.3, -0.25) is 19.3 Å². The van der Waals surface area contributed by atoms with Crippen LogP contribution in [0, 0.1) is 5.92 Å². The minimum atomic E-state index is -0.286. The van der Waals surface area contributed by atoms with Gasteiger partial charge in [-0.15, -0.1) is 12.4 Å². The number of hydrogen-bond acceptors (Lipinski definition) is 5. The van der Waals surface area contributed by atoms with E-state index in [4.69, 9.17) is 0 Å². The summed E-state index contributed by atoms with van der Waals surface area (Å²) in [6.45, 7) is 4.50. The topological polar surface area (TPSA) is 103 Å². The van der Waals surface area contributed by atoms with E-state index in [1.807, 2.05) is 49.4 Å². The molecule has 1 aromatic heterocycles. The van der Waals surface area contributed by atoms with Crippen LogP contribution in [0.1, 0.15) is 31.4 Å². The second kappa shape index (κ2) is 13.1. The van der Waals surface area contributed by atoms with E-state index in [2.05, 4.69) is 20.9 Å². The third kappa shape index (κ3) is 7.27. The molecule has 0 unspecified atom stereocenters. The number of aromatic nitrogens is 1. The van der Waals surface area contributed by atoms with Gasteiger partial charge in [0.1, 0.15) is 5.82 Å². The molecule has 1 aromatic carbocycles. The first-order valence-electron chi connectivity index (χ1n) is 11.4. The fraction of sp³-hybridized carbons (Fsp3) is 0.440. The van der Waals surface area contributed by atoms with Crippen LogP contribution in [-0.4, -0.2) is 54.9 Å². The van der Waals surface area contributed by atoms with Crippen molar-refractivity contribution in [2.75, 3.05) is 25.0 Å². The van der Waals surface area contributed by atoms with Crippen LogP contribution in [0.3, 0.4) is 0 Å². The molecule has 1 aliphatic rings. The molecule has 3 atom stereocenters. The van der Waals surface area contributed by atoms with E-state index >= 15 is 0 Å². The molecular formula is C25H34ClN5O3. The summed E-state index contributed by atoms with van der Waals surface area (Å²) in [5.41, 5.74) is 1.94. The lowest BCUT2D eigenvalue weighted by molar-refractivity contribution is -0.123. The van der Waals surface area contributed by atoms with Crippen molar-refractivity contribution >= 4 is 35.9 Å². The van der Waals surface area contributed by atoms with E-state index in [9.17, 15) is 14.4 Å². The number of likely N-dealkylation sites (N-methyl/N-ethyl adjacent to an activating group) is 1. The molecule has 184 valence electrons. The molecule has 0 saturated carbocycles. The maximum atomic E-state index is 13.2. The first kappa shape index (κ1) is 27.3. The predicted molar refractivity (Wildman–Crippen MR) is 135 cm³/mol. The van der Waals surface area contributed by atoms with E-state index in [1.54, 1.807) is 25.1 Å². The number of halogens is 1. The first-order valence-corrected chi connectivity index (χ1v) is 11.4. The Hall–Kier alpha value is -2.97. The summed E-state index contributed by atoms with van der Waals surface area (Å²) in [6.07, 6.45) is 2.90. The number of pyridine rings is 1. The average molecular weight is 488 g/mol. The number of carbonyl (C=O) groups excluding carboxylic acids is 3. The summed E-state index contributed by atoms with van der Waals surface area (Å²) >= 11 is 0. The van der Waals surface area contributed by atoms with Gasteiger partial charge in [-0.2, -0.15) is 0 Å². The van der Waals surface area contributed by atoms with Crippen molar-refractivity contribution in [3.63, 3.8) is 0 Å². The zero-order valence-corrected chi connectivity index (χ0v) is 20.7. The van der Waals surface area contributed by atoms with Gasteiger partial charge < -0.3 is 16.0 Å². The molecule has 2 heterocycles. The van der Waals surface area contributed by atoms with Crippen LogP contribution in [0.4, 0.5) is 5.82 Å². The number of hydrogen-bond donors (Lipinski definition) is 3. The number of nitrogens with one attached hydrogen (secondary N) is 3. The van der Waals surface area contributed by atoms with Crippen LogP contribution in [0.5, 0.6) is 0 Å². The Morgan fingerprint density at radius 1 is 1.09 bits per heavy atom. The number of rotatable bonds is 10. The number of benzene rings is 1. The van der Waals surface area contributed by atoms with Crippen molar-refractivity contribution in [1.82, 2.24) is 20.9 Å². The normalized spacial score (nSPS) is 16.1. The van der Waals surface area contributed by atoms with Gasteiger partial charge in [0.05, 0.1) is 18.5 Å². The van der Waals surface area contributed by atoms with Gasteiger partial charge in [-0.05, 0) is 43.5 Å². The molecular weight excluding hydrogens is 454 g/mol. The first-order chi connectivity index (χ1) is 15.9. The summed E-state index contributed by atoms with van der Waals surface area (Å²) in [4.78, 5) is 43.8. The lowest BCUT2D eigenvalue weighted by Crippen LogP contribution is -2.47. The Bertz CT molecular complexity index is 972. The van der Waals surface area contributed by atoms with Crippen LogP contribution in [-0.2, 0) is 27.2 Å². The van der Waals surface area contributed by atoms with Gasteiger partial charge in [0, 0.05) is 25.7 Å². The van der Waals surface area contributed by atoms with E-state index in [1.165, 1.54) is 0 Å². The molecule has 0 bridgehead atoms. The zero-order chi connectivity index (χ0) is 23.8. The minimum Gasteiger partial charge on any atom is -0.354 e. The fourth-order valence-electron chi connectivity index (χ4n) is 3.91. The Morgan fingerprint density at radius 3 is 2.53 bits per heavy atom. The standard InChI is InChI=1S/C25H33N5O3.ClH/c1-17(15-29-25(33)18(2)26-3)12-23(32)30-21(14-20-10-7-11-27-24(20)30)16-28-22(31)13-19-8-5-4-6-9-19;/h4-11,17-18,21,26H,12-16H2,1-3H3,(H,28,31)(H,29,33);1H/t17-,18-,21-;/m0./s1. The molecule has 0 spiro atoms. The number of anilines is 1. The second-order valence-corrected chi connectivity index (χ2v) is 8.64. The maximum Gasteiger partial charge on any atom is 0.236 e. The maximum absolute atomic E-state index is 13.2.